The van der Waals surface area contributed by atoms with E-state index in [1.807, 2.05) is 13.0 Å². The summed E-state index contributed by atoms with van der Waals surface area (Å²) in [5, 5.41) is 14.7. The molecule has 5 nitrogen and oxygen atoms in total. The molecule has 1 N–H and O–H groups in total. The van der Waals surface area contributed by atoms with Gasteiger partial charge < -0.3 is 10.1 Å². The van der Waals surface area contributed by atoms with Gasteiger partial charge in [0.05, 0.1) is 11.5 Å². The Balaban J connectivity index is 2.18. The molecule has 0 aromatic heterocycles. The van der Waals surface area contributed by atoms with Crippen LogP contribution in [0.15, 0.2) is 18.2 Å². The molecule has 1 aliphatic carbocycles. The lowest BCUT2D eigenvalue weighted by Crippen LogP contribution is -2.24. The molecular weight excluding hydrogens is 268 g/mol. The van der Waals surface area contributed by atoms with Crippen molar-refractivity contribution >= 4 is 11.4 Å². The lowest BCUT2D eigenvalue weighted by Gasteiger charge is -2.21. The Kier molecular flexibility index (Phi) is 5.42. The molecule has 0 saturated heterocycles. The fourth-order valence-electron chi connectivity index (χ4n) is 2.98. The van der Waals surface area contributed by atoms with E-state index < -0.39 is 0 Å². The molecular formula is C16H24N2O3. The molecule has 1 saturated carbocycles. The average molecular weight is 292 g/mol. The molecule has 0 bridgehead atoms. The van der Waals surface area contributed by atoms with E-state index in [0.29, 0.717) is 24.0 Å². The maximum Gasteiger partial charge on any atom is 0.333 e. The van der Waals surface area contributed by atoms with Crippen LogP contribution < -0.4 is 10.1 Å². The number of nitrogens with one attached hydrogen (secondary N) is 1. The molecule has 1 aromatic carbocycles. The van der Waals surface area contributed by atoms with Crippen LogP contribution in [0.3, 0.4) is 0 Å². The highest BCUT2D eigenvalue weighted by molar-refractivity contribution is 5.68. The smallest absolute Gasteiger partial charge is 0.333 e. The number of benzene rings is 1. The fourth-order valence-corrected chi connectivity index (χ4v) is 2.98. The minimum absolute atomic E-state index is 0.0517. The fraction of sp³-hybridized carbons (Fsp3) is 0.625. The summed E-state index contributed by atoms with van der Waals surface area (Å²) in [6, 6.07) is 5.48. The van der Waals surface area contributed by atoms with Crippen LogP contribution in [0.1, 0.15) is 46.0 Å². The Morgan fingerprint density at radius 2 is 2.14 bits per heavy atom. The molecule has 21 heavy (non-hydrogen) atoms. The van der Waals surface area contributed by atoms with Gasteiger partial charge in [-0.1, -0.05) is 25.8 Å². The normalized spacial score (nSPS) is 16.7. The number of para-hydroxylation sites is 1. The first-order valence-electron chi connectivity index (χ1n) is 7.80. The molecule has 5 heteroatoms. The van der Waals surface area contributed by atoms with Crippen molar-refractivity contribution in [3.05, 3.63) is 28.3 Å². The van der Waals surface area contributed by atoms with Crippen LogP contribution in [0.2, 0.25) is 0 Å². The monoisotopic (exact) mass is 292 g/mol. The van der Waals surface area contributed by atoms with E-state index >= 15 is 0 Å². The highest BCUT2D eigenvalue weighted by Gasteiger charge is 2.26. The Morgan fingerprint density at radius 3 is 2.76 bits per heavy atom. The predicted octanol–water partition coefficient (Wildman–Crippen LogP) is 4.37. The summed E-state index contributed by atoms with van der Waals surface area (Å²) in [5.41, 5.74) is 0.615. The SMILES string of the molecule is CCCOc1cccc(NC(C)C2CCCC2)c1[N+](=O)[O-]. The molecule has 1 fully saturated rings. The zero-order valence-electron chi connectivity index (χ0n) is 12.8. The van der Waals surface area contributed by atoms with Crippen LogP contribution in [0.25, 0.3) is 0 Å². The van der Waals surface area contributed by atoms with E-state index in [9.17, 15) is 10.1 Å². The summed E-state index contributed by atoms with van der Waals surface area (Å²) >= 11 is 0. The van der Waals surface area contributed by atoms with Gasteiger partial charge in [0, 0.05) is 6.04 Å². The van der Waals surface area contributed by atoms with Gasteiger partial charge in [-0.05, 0) is 44.2 Å². The molecule has 1 aliphatic rings. The van der Waals surface area contributed by atoms with Crippen LogP contribution in [0, 0.1) is 16.0 Å². The number of hydrogen-bond donors (Lipinski definition) is 1. The van der Waals surface area contributed by atoms with Gasteiger partial charge in [-0.3, -0.25) is 10.1 Å². The molecule has 0 spiro atoms. The van der Waals surface area contributed by atoms with Crippen LogP contribution in [0.4, 0.5) is 11.4 Å². The van der Waals surface area contributed by atoms with E-state index in [1.54, 1.807) is 12.1 Å². The van der Waals surface area contributed by atoms with Crippen molar-refractivity contribution in [2.45, 2.75) is 52.0 Å². The van der Waals surface area contributed by atoms with E-state index in [-0.39, 0.29) is 16.7 Å². The van der Waals surface area contributed by atoms with E-state index in [1.165, 1.54) is 25.7 Å². The molecule has 0 radical (unpaired) electrons. The standard InChI is InChI=1S/C16H24N2O3/c1-3-11-21-15-10-6-9-14(16(15)18(19)20)17-12(2)13-7-4-5-8-13/h6,9-10,12-13,17H,3-5,7-8,11H2,1-2H3. The van der Waals surface area contributed by atoms with Gasteiger partial charge in [0.1, 0.15) is 5.69 Å². The van der Waals surface area contributed by atoms with Gasteiger partial charge in [0.2, 0.25) is 0 Å². The summed E-state index contributed by atoms with van der Waals surface area (Å²) in [6.45, 7) is 4.58. The Labute approximate surface area is 125 Å². The Bertz CT molecular complexity index is 484. The second kappa shape index (κ2) is 7.29. The first-order valence-corrected chi connectivity index (χ1v) is 7.80. The lowest BCUT2D eigenvalue weighted by atomic mass is 9.99. The third-order valence-electron chi connectivity index (χ3n) is 4.13. The van der Waals surface area contributed by atoms with Crippen LogP contribution in [-0.2, 0) is 0 Å². The Morgan fingerprint density at radius 1 is 1.43 bits per heavy atom. The summed E-state index contributed by atoms with van der Waals surface area (Å²) < 4.78 is 5.51. The maximum absolute atomic E-state index is 11.4. The second-order valence-electron chi connectivity index (χ2n) is 5.74. The van der Waals surface area contributed by atoms with E-state index in [0.717, 1.165) is 6.42 Å². The zero-order chi connectivity index (χ0) is 15.2. The highest BCUT2D eigenvalue weighted by Crippen LogP contribution is 2.37. The number of hydrogen-bond acceptors (Lipinski definition) is 4. The molecule has 0 aliphatic heterocycles. The third-order valence-corrected chi connectivity index (χ3v) is 4.13. The topological polar surface area (TPSA) is 64.4 Å². The minimum Gasteiger partial charge on any atom is -0.487 e. The summed E-state index contributed by atoms with van der Waals surface area (Å²) in [5.74, 6) is 0.954. The summed E-state index contributed by atoms with van der Waals surface area (Å²) in [6.07, 6.45) is 5.76. The van der Waals surface area contributed by atoms with Gasteiger partial charge >= 0.3 is 5.69 Å². The molecule has 1 aromatic rings. The second-order valence-corrected chi connectivity index (χ2v) is 5.74. The van der Waals surface area contributed by atoms with Crippen LogP contribution in [-0.4, -0.2) is 17.6 Å². The zero-order valence-corrected chi connectivity index (χ0v) is 12.8. The largest absolute Gasteiger partial charge is 0.487 e. The first-order chi connectivity index (χ1) is 10.1. The third kappa shape index (κ3) is 3.86. The van der Waals surface area contributed by atoms with Gasteiger partial charge in [0.25, 0.3) is 0 Å². The van der Waals surface area contributed by atoms with Gasteiger partial charge in [-0.2, -0.15) is 0 Å². The van der Waals surface area contributed by atoms with Crippen molar-refractivity contribution in [2.24, 2.45) is 5.92 Å². The van der Waals surface area contributed by atoms with Crippen molar-refractivity contribution in [1.29, 1.82) is 0 Å². The van der Waals surface area contributed by atoms with Crippen molar-refractivity contribution < 1.29 is 9.66 Å². The number of nitro groups is 1. The van der Waals surface area contributed by atoms with Gasteiger partial charge in [0.15, 0.2) is 5.75 Å². The number of nitro benzene ring substituents is 1. The van der Waals surface area contributed by atoms with Crippen LogP contribution in [0.5, 0.6) is 5.75 Å². The lowest BCUT2D eigenvalue weighted by molar-refractivity contribution is -0.385. The quantitative estimate of drug-likeness (QED) is 0.598. The maximum atomic E-state index is 11.4. The molecule has 2 rings (SSSR count). The van der Waals surface area contributed by atoms with E-state index in [2.05, 4.69) is 12.2 Å². The van der Waals surface area contributed by atoms with Gasteiger partial charge in [-0.25, -0.2) is 0 Å². The molecule has 116 valence electrons. The number of ether oxygens (including phenoxy) is 1. The van der Waals surface area contributed by atoms with Gasteiger partial charge in [-0.15, -0.1) is 0 Å². The number of nitrogens with zero attached hydrogens (tertiary/aromatic N) is 1. The number of anilines is 1. The predicted molar refractivity (Wildman–Crippen MR) is 83.9 cm³/mol. The first kappa shape index (κ1) is 15.6. The molecule has 0 heterocycles. The average Bonchev–Trinajstić information content (AvgIpc) is 2.99. The Hall–Kier alpha value is -1.78. The van der Waals surface area contributed by atoms with Crippen molar-refractivity contribution in [2.75, 3.05) is 11.9 Å². The minimum atomic E-state index is -0.352. The van der Waals surface area contributed by atoms with E-state index in [4.69, 9.17) is 4.74 Å². The summed E-state index contributed by atoms with van der Waals surface area (Å²) in [4.78, 5) is 11.0. The molecule has 1 atom stereocenters. The highest BCUT2D eigenvalue weighted by atomic mass is 16.6. The molecule has 0 amide bonds. The van der Waals surface area contributed by atoms with Crippen LogP contribution >= 0.6 is 0 Å². The summed E-state index contributed by atoms with van der Waals surface area (Å²) in [7, 11) is 0. The van der Waals surface area contributed by atoms with Crippen molar-refractivity contribution in [3.8, 4) is 5.75 Å². The van der Waals surface area contributed by atoms with Crippen molar-refractivity contribution in [3.63, 3.8) is 0 Å². The van der Waals surface area contributed by atoms with Crippen molar-refractivity contribution in [1.82, 2.24) is 0 Å². The number of rotatable bonds is 7. The molecule has 1 unspecified atom stereocenters.